The molecule has 1 saturated carbocycles. The lowest BCUT2D eigenvalue weighted by Gasteiger charge is -2.38. The van der Waals surface area contributed by atoms with E-state index in [4.69, 9.17) is 4.42 Å². The van der Waals surface area contributed by atoms with Crippen LogP contribution in [0.5, 0.6) is 0 Å². The van der Waals surface area contributed by atoms with Gasteiger partial charge in [-0.05, 0) is 75.3 Å². The average molecular weight is 497 g/mol. The maximum Gasteiger partial charge on any atom is 0.243 e. The molecule has 5 rings (SSSR count). The van der Waals surface area contributed by atoms with Crippen molar-refractivity contribution in [2.75, 3.05) is 6.54 Å². The number of rotatable bonds is 6. The van der Waals surface area contributed by atoms with Crippen molar-refractivity contribution in [3.63, 3.8) is 0 Å². The number of carbonyl (C=O) groups is 1. The number of sulfonamides is 1. The summed E-state index contributed by atoms with van der Waals surface area (Å²) in [6, 6.07) is 13.8. The quantitative estimate of drug-likeness (QED) is 0.552. The van der Waals surface area contributed by atoms with Crippen molar-refractivity contribution in [1.29, 1.82) is 0 Å². The number of aliphatic hydroxyl groups is 1. The summed E-state index contributed by atoms with van der Waals surface area (Å²) in [7, 11) is -3.79. The molecule has 2 aliphatic rings. The second kappa shape index (κ2) is 9.76. The SMILES string of the molecule is Cc1ccc(S(=O)(=O)N2CCC[C@H]2C(=O)N(Cc2ccc3ccoc3c2)C2CCC(O)CC2)cc1. The Morgan fingerprint density at radius 3 is 2.54 bits per heavy atom. The molecule has 7 nitrogen and oxygen atoms in total. The molecule has 0 radical (unpaired) electrons. The Kier molecular flexibility index (Phi) is 6.70. The Morgan fingerprint density at radius 2 is 1.80 bits per heavy atom. The lowest BCUT2D eigenvalue weighted by atomic mass is 9.91. The summed E-state index contributed by atoms with van der Waals surface area (Å²) >= 11 is 0. The summed E-state index contributed by atoms with van der Waals surface area (Å²) < 4.78 is 33.9. The maximum atomic E-state index is 14.0. The second-order valence-electron chi connectivity index (χ2n) is 9.81. The van der Waals surface area contributed by atoms with E-state index in [9.17, 15) is 18.3 Å². The van der Waals surface area contributed by atoms with Gasteiger partial charge in [-0.25, -0.2) is 8.42 Å². The van der Waals surface area contributed by atoms with Gasteiger partial charge in [-0.1, -0.05) is 29.8 Å². The fourth-order valence-corrected chi connectivity index (χ4v) is 7.01. The second-order valence-corrected chi connectivity index (χ2v) is 11.7. The molecule has 2 fully saturated rings. The fraction of sp³-hybridized carbons (Fsp3) is 0.444. The Bertz CT molecular complexity index is 1290. The molecule has 35 heavy (non-hydrogen) atoms. The minimum Gasteiger partial charge on any atom is -0.464 e. The smallest absolute Gasteiger partial charge is 0.243 e. The van der Waals surface area contributed by atoms with Crippen LogP contribution < -0.4 is 0 Å². The van der Waals surface area contributed by atoms with Crippen LogP contribution >= 0.6 is 0 Å². The molecular weight excluding hydrogens is 464 g/mol. The van der Waals surface area contributed by atoms with E-state index in [-0.39, 0.29) is 22.9 Å². The summed E-state index contributed by atoms with van der Waals surface area (Å²) in [5, 5.41) is 11.0. The minimum absolute atomic E-state index is 0.0391. The first kappa shape index (κ1) is 24.0. The van der Waals surface area contributed by atoms with Crippen molar-refractivity contribution in [2.45, 2.75) is 75.1 Å². The van der Waals surface area contributed by atoms with E-state index in [1.54, 1.807) is 30.5 Å². The van der Waals surface area contributed by atoms with Gasteiger partial charge in [-0.2, -0.15) is 4.31 Å². The van der Waals surface area contributed by atoms with Crippen LogP contribution in [-0.4, -0.2) is 53.4 Å². The fourth-order valence-electron chi connectivity index (χ4n) is 5.36. The Balaban J connectivity index is 1.44. The van der Waals surface area contributed by atoms with Crippen LogP contribution in [0, 0.1) is 6.92 Å². The minimum atomic E-state index is -3.79. The molecule has 0 unspecified atom stereocenters. The molecule has 3 aromatic rings. The monoisotopic (exact) mass is 496 g/mol. The van der Waals surface area contributed by atoms with Crippen molar-refractivity contribution in [3.8, 4) is 0 Å². The largest absolute Gasteiger partial charge is 0.464 e. The van der Waals surface area contributed by atoms with E-state index in [2.05, 4.69) is 0 Å². The highest BCUT2D eigenvalue weighted by atomic mass is 32.2. The molecular formula is C27H32N2O5S. The number of furan rings is 1. The van der Waals surface area contributed by atoms with Crippen LogP contribution in [0.15, 0.2) is 64.1 Å². The highest BCUT2D eigenvalue weighted by Gasteiger charge is 2.42. The number of nitrogens with zero attached hydrogens (tertiary/aromatic N) is 2. The Morgan fingerprint density at radius 1 is 1.06 bits per heavy atom. The lowest BCUT2D eigenvalue weighted by molar-refractivity contribution is -0.139. The third-order valence-corrected chi connectivity index (χ3v) is 9.30. The molecule has 0 bridgehead atoms. The highest BCUT2D eigenvalue weighted by Crippen LogP contribution is 2.32. The first-order valence-corrected chi connectivity index (χ1v) is 13.8. The number of fused-ring (bicyclic) bond motifs is 1. The van der Waals surface area contributed by atoms with Crippen molar-refractivity contribution in [1.82, 2.24) is 9.21 Å². The van der Waals surface area contributed by atoms with Gasteiger partial charge in [0.1, 0.15) is 11.6 Å². The van der Waals surface area contributed by atoms with E-state index in [1.807, 2.05) is 36.1 Å². The summed E-state index contributed by atoms with van der Waals surface area (Å²) in [6.07, 6.45) is 5.15. The van der Waals surface area contributed by atoms with Crippen molar-refractivity contribution < 1.29 is 22.7 Å². The zero-order valence-corrected chi connectivity index (χ0v) is 20.8. The van der Waals surface area contributed by atoms with Gasteiger partial charge in [0.2, 0.25) is 15.9 Å². The number of aryl methyl sites for hydroxylation is 1. The first-order valence-electron chi connectivity index (χ1n) is 12.4. The predicted molar refractivity (Wildman–Crippen MR) is 133 cm³/mol. The number of aliphatic hydroxyl groups excluding tert-OH is 1. The zero-order valence-electron chi connectivity index (χ0n) is 20.0. The predicted octanol–water partition coefficient (Wildman–Crippen LogP) is 4.23. The molecule has 1 atom stereocenters. The summed E-state index contributed by atoms with van der Waals surface area (Å²) in [4.78, 5) is 16.1. The topological polar surface area (TPSA) is 91.1 Å². The van der Waals surface area contributed by atoms with Gasteiger partial charge < -0.3 is 14.4 Å². The van der Waals surface area contributed by atoms with Gasteiger partial charge in [0.25, 0.3) is 0 Å². The molecule has 0 spiro atoms. The number of carbonyl (C=O) groups excluding carboxylic acids is 1. The van der Waals surface area contributed by atoms with Crippen molar-refractivity contribution >= 4 is 26.9 Å². The van der Waals surface area contributed by atoms with E-state index >= 15 is 0 Å². The van der Waals surface area contributed by atoms with Gasteiger partial charge in [0.05, 0.1) is 17.3 Å². The molecule has 1 N–H and O–H groups in total. The number of benzene rings is 2. The maximum absolute atomic E-state index is 14.0. The molecule has 1 amide bonds. The summed E-state index contributed by atoms with van der Waals surface area (Å²) in [6.45, 7) is 2.63. The number of hydrogen-bond acceptors (Lipinski definition) is 5. The third kappa shape index (κ3) is 4.87. The van der Waals surface area contributed by atoms with Gasteiger partial charge in [-0.3, -0.25) is 4.79 Å². The zero-order chi connectivity index (χ0) is 24.6. The molecule has 1 saturated heterocycles. The molecule has 2 aromatic carbocycles. The standard InChI is InChI=1S/C27H32N2O5S/c1-19-4-12-24(13-5-19)35(32,33)29-15-2-3-25(29)27(31)28(22-8-10-23(30)11-9-22)18-20-6-7-21-14-16-34-26(21)17-20/h4-7,12-14,16-17,22-23,25,30H,2-3,8-11,15,18H2,1H3/t22?,23?,25-/m0/s1. The van der Waals surface area contributed by atoms with Gasteiger partial charge in [-0.15, -0.1) is 0 Å². The Hall–Kier alpha value is -2.68. The van der Waals surface area contributed by atoms with Crippen LogP contribution in [0.25, 0.3) is 11.0 Å². The third-order valence-electron chi connectivity index (χ3n) is 7.38. The van der Waals surface area contributed by atoms with Gasteiger partial charge in [0.15, 0.2) is 0 Å². The van der Waals surface area contributed by atoms with Crippen molar-refractivity contribution in [3.05, 3.63) is 65.9 Å². The number of amides is 1. The van der Waals surface area contributed by atoms with Crippen LogP contribution in [-0.2, 0) is 21.4 Å². The molecule has 8 heteroatoms. The average Bonchev–Trinajstić information content (AvgIpc) is 3.53. The molecule has 1 aliphatic carbocycles. The lowest BCUT2D eigenvalue weighted by Crippen LogP contribution is -2.51. The highest BCUT2D eigenvalue weighted by molar-refractivity contribution is 7.89. The van der Waals surface area contributed by atoms with Crippen LogP contribution in [0.4, 0.5) is 0 Å². The van der Waals surface area contributed by atoms with Gasteiger partial charge >= 0.3 is 0 Å². The first-order chi connectivity index (χ1) is 16.8. The van der Waals surface area contributed by atoms with E-state index in [1.165, 1.54) is 4.31 Å². The molecule has 186 valence electrons. The van der Waals surface area contributed by atoms with Crippen LogP contribution in [0.2, 0.25) is 0 Å². The van der Waals surface area contributed by atoms with Crippen LogP contribution in [0.3, 0.4) is 0 Å². The van der Waals surface area contributed by atoms with Crippen LogP contribution in [0.1, 0.15) is 49.7 Å². The summed E-state index contributed by atoms with van der Waals surface area (Å²) in [5.74, 6) is -0.154. The van der Waals surface area contributed by atoms with Gasteiger partial charge in [0, 0.05) is 24.5 Å². The summed E-state index contributed by atoms with van der Waals surface area (Å²) in [5.41, 5.74) is 2.69. The molecule has 1 aromatic heterocycles. The van der Waals surface area contributed by atoms with E-state index in [0.29, 0.717) is 51.6 Å². The molecule has 2 heterocycles. The molecule has 1 aliphatic heterocycles. The Labute approximate surface area is 206 Å². The van der Waals surface area contributed by atoms with Crippen molar-refractivity contribution in [2.24, 2.45) is 0 Å². The van der Waals surface area contributed by atoms with E-state index < -0.39 is 16.1 Å². The number of hydrogen-bond donors (Lipinski definition) is 1. The normalized spacial score (nSPS) is 23.5. The van der Waals surface area contributed by atoms with E-state index in [0.717, 1.165) is 22.1 Å².